The first-order valence-electron chi connectivity index (χ1n) is 10.6. The summed E-state index contributed by atoms with van der Waals surface area (Å²) in [6.45, 7) is 3.28. The normalized spacial score (nSPS) is 37.1. The Morgan fingerprint density at radius 3 is 1.63 bits per heavy atom. The molecular formula is C20H30O15. The van der Waals surface area contributed by atoms with Crippen LogP contribution < -0.4 is 0 Å². The molecule has 5 unspecified atom stereocenters. The van der Waals surface area contributed by atoms with E-state index in [1.165, 1.54) is 0 Å². The number of hydrogen-bond acceptors (Lipinski definition) is 15. The summed E-state index contributed by atoms with van der Waals surface area (Å²) in [5, 5.41) is 41.7. The van der Waals surface area contributed by atoms with Crippen LogP contribution in [-0.2, 0) is 52.3 Å². The fraction of sp³-hybridized carbons (Fsp3) is 0.800. The highest BCUT2D eigenvalue weighted by atomic mass is 16.8. The fourth-order valence-electron chi connectivity index (χ4n) is 3.49. The number of rotatable bonds is 8. The molecule has 15 nitrogen and oxygen atoms in total. The van der Waals surface area contributed by atoms with Gasteiger partial charge < -0.3 is 53.6 Å². The van der Waals surface area contributed by atoms with Gasteiger partial charge >= 0.3 is 23.9 Å². The van der Waals surface area contributed by atoms with Gasteiger partial charge in [0.15, 0.2) is 12.4 Å². The number of ether oxygens (including phenoxy) is 7. The van der Waals surface area contributed by atoms with Crippen molar-refractivity contribution in [3.05, 3.63) is 0 Å². The van der Waals surface area contributed by atoms with Crippen molar-refractivity contribution in [3.63, 3.8) is 0 Å². The minimum Gasteiger partial charge on any atom is -0.463 e. The summed E-state index contributed by atoms with van der Waals surface area (Å²) in [5.74, 6) is -3.11. The molecule has 2 saturated heterocycles. The maximum Gasteiger partial charge on any atom is 0.305 e. The van der Waals surface area contributed by atoms with E-state index < -0.39 is 98.5 Å². The number of carbonyl (C=O) groups excluding carboxylic acids is 4. The van der Waals surface area contributed by atoms with Crippen LogP contribution in [0.2, 0.25) is 0 Å². The van der Waals surface area contributed by atoms with Crippen molar-refractivity contribution >= 4 is 23.9 Å². The Balaban J connectivity index is 2.30. The van der Waals surface area contributed by atoms with E-state index in [0.29, 0.717) is 0 Å². The van der Waals surface area contributed by atoms with Crippen LogP contribution in [0.3, 0.4) is 0 Å². The summed E-state index contributed by atoms with van der Waals surface area (Å²) in [5.41, 5.74) is 0. The van der Waals surface area contributed by atoms with Crippen LogP contribution in [0.4, 0.5) is 0 Å². The van der Waals surface area contributed by atoms with Gasteiger partial charge in [-0.3, -0.25) is 19.2 Å². The first-order chi connectivity index (χ1) is 16.3. The molecule has 2 fully saturated rings. The number of carbonyl (C=O) groups is 4. The molecule has 10 atom stereocenters. The zero-order valence-electron chi connectivity index (χ0n) is 19.5. The smallest absolute Gasteiger partial charge is 0.305 e. The van der Waals surface area contributed by atoms with Gasteiger partial charge in [-0.05, 0) is 0 Å². The van der Waals surface area contributed by atoms with E-state index >= 15 is 0 Å². The SMILES string of the molecule is CC(=O)OCC1O[C@@H](O[C@@H]2C(COC(C)=O)OC(OC(C)=O)[C@@H](OC(C)=O)C2O)[C@@H](O)C(O)[C@H]1O. The zero-order valence-corrected chi connectivity index (χ0v) is 19.5. The van der Waals surface area contributed by atoms with Gasteiger partial charge in [-0.2, -0.15) is 0 Å². The third-order valence-electron chi connectivity index (χ3n) is 5.06. The van der Waals surface area contributed by atoms with Crippen molar-refractivity contribution in [2.45, 2.75) is 89.1 Å². The summed E-state index contributed by atoms with van der Waals surface area (Å²) in [4.78, 5) is 45.5. The summed E-state index contributed by atoms with van der Waals surface area (Å²) in [7, 11) is 0. The molecule has 0 saturated carbocycles. The number of esters is 4. The van der Waals surface area contributed by atoms with E-state index in [1.54, 1.807) is 0 Å². The Kier molecular flexibility index (Phi) is 10.3. The molecule has 0 aromatic carbocycles. The molecule has 2 aliphatic heterocycles. The fourth-order valence-corrected chi connectivity index (χ4v) is 3.49. The van der Waals surface area contributed by atoms with E-state index in [1.807, 2.05) is 0 Å². The Hall–Kier alpha value is -2.40. The second-order valence-corrected chi connectivity index (χ2v) is 7.94. The summed E-state index contributed by atoms with van der Waals surface area (Å²) in [6, 6.07) is 0. The maximum atomic E-state index is 11.6. The van der Waals surface area contributed by atoms with Crippen LogP contribution >= 0.6 is 0 Å². The molecule has 0 radical (unpaired) electrons. The van der Waals surface area contributed by atoms with Gasteiger partial charge in [0.05, 0.1) is 0 Å². The van der Waals surface area contributed by atoms with Gasteiger partial charge in [-0.25, -0.2) is 0 Å². The monoisotopic (exact) mass is 510 g/mol. The van der Waals surface area contributed by atoms with Gasteiger partial charge in [0.1, 0.15) is 55.9 Å². The van der Waals surface area contributed by atoms with E-state index in [0.717, 1.165) is 27.7 Å². The molecule has 0 aliphatic carbocycles. The molecule has 4 N–H and O–H groups in total. The van der Waals surface area contributed by atoms with Gasteiger partial charge in [-0.15, -0.1) is 0 Å². The molecule has 0 bridgehead atoms. The van der Waals surface area contributed by atoms with Crippen LogP contribution in [0.5, 0.6) is 0 Å². The Bertz CT molecular complexity index is 770. The molecule has 0 aromatic rings. The minimum absolute atomic E-state index is 0.495. The maximum absolute atomic E-state index is 11.6. The van der Waals surface area contributed by atoms with Crippen molar-refractivity contribution in [3.8, 4) is 0 Å². The minimum atomic E-state index is -1.85. The molecule has 2 heterocycles. The largest absolute Gasteiger partial charge is 0.463 e. The molecule has 15 heteroatoms. The molecule has 35 heavy (non-hydrogen) atoms. The van der Waals surface area contributed by atoms with Crippen LogP contribution in [0, 0.1) is 0 Å². The Labute approximate surface area is 199 Å². The third kappa shape index (κ3) is 7.79. The van der Waals surface area contributed by atoms with Gasteiger partial charge in [0.2, 0.25) is 6.29 Å². The molecule has 0 amide bonds. The van der Waals surface area contributed by atoms with Gasteiger partial charge in [0, 0.05) is 27.7 Å². The van der Waals surface area contributed by atoms with Crippen LogP contribution in [0.1, 0.15) is 27.7 Å². The molecule has 2 rings (SSSR count). The second-order valence-electron chi connectivity index (χ2n) is 7.94. The predicted octanol–water partition coefficient (Wildman–Crippen LogP) is -3.11. The topological polar surface area (TPSA) is 214 Å². The van der Waals surface area contributed by atoms with E-state index in [4.69, 9.17) is 33.2 Å². The first kappa shape index (κ1) is 28.8. The summed E-state index contributed by atoms with van der Waals surface area (Å²) >= 11 is 0. The molecule has 0 aromatic heterocycles. The molecule has 200 valence electrons. The van der Waals surface area contributed by atoms with Crippen molar-refractivity contribution in [1.29, 1.82) is 0 Å². The molecule has 0 spiro atoms. The van der Waals surface area contributed by atoms with Gasteiger partial charge in [0.25, 0.3) is 0 Å². The Morgan fingerprint density at radius 2 is 1.11 bits per heavy atom. The van der Waals surface area contributed by atoms with E-state index in [2.05, 4.69) is 0 Å². The molecular weight excluding hydrogens is 480 g/mol. The standard InChI is InChI=1S/C20H30O15/c1-7(21)29-5-11-13(25)14(26)15(27)19(33-11)35-17-12(6-30-8(2)22)34-20(32-10(4)24)18(16(17)28)31-9(3)23/h11-20,25-28H,5-6H2,1-4H3/t11?,12?,13-,14?,15-,16?,17+,18-,19-,20?/m0/s1. The van der Waals surface area contributed by atoms with E-state index in [-0.39, 0.29) is 0 Å². The third-order valence-corrected chi connectivity index (χ3v) is 5.06. The first-order valence-corrected chi connectivity index (χ1v) is 10.6. The van der Waals surface area contributed by atoms with Crippen LogP contribution in [0.15, 0.2) is 0 Å². The van der Waals surface area contributed by atoms with Gasteiger partial charge in [-0.1, -0.05) is 0 Å². The quantitative estimate of drug-likeness (QED) is 0.188. The highest BCUT2D eigenvalue weighted by molar-refractivity contribution is 5.67. The lowest BCUT2D eigenvalue weighted by atomic mass is 9.96. The average Bonchev–Trinajstić information content (AvgIpc) is 2.75. The van der Waals surface area contributed by atoms with Crippen molar-refractivity contribution < 1.29 is 72.8 Å². The number of aliphatic hydroxyl groups is 4. The summed E-state index contributed by atoms with van der Waals surface area (Å²) < 4.78 is 36.4. The van der Waals surface area contributed by atoms with E-state index in [9.17, 15) is 39.6 Å². The highest BCUT2D eigenvalue weighted by Gasteiger charge is 2.53. The zero-order chi connectivity index (χ0) is 26.4. The lowest BCUT2D eigenvalue weighted by Crippen LogP contribution is -2.65. The highest BCUT2D eigenvalue weighted by Crippen LogP contribution is 2.31. The second kappa shape index (κ2) is 12.5. The van der Waals surface area contributed by atoms with Crippen LogP contribution in [-0.4, -0.2) is 119 Å². The number of aliphatic hydroxyl groups excluding tert-OH is 4. The molecule has 2 aliphatic rings. The Morgan fingerprint density at radius 1 is 0.600 bits per heavy atom. The van der Waals surface area contributed by atoms with Crippen molar-refractivity contribution in [2.75, 3.05) is 13.2 Å². The predicted molar refractivity (Wildman–Crippen MR) is 107 cm³/mol. The van der Waals surface area contributed by atoms with Crippen molar-refractivity contribution in [2.24, 2.45) is 0 Å². The lowest BCUT2D eigenvalue weighted by Gasteiger charge is -2.46. The number of hydrogen-bond donors (Lipinski definition) is 4. The lowest BCUT2D eigenvalue weighted by molar-refractivity contribution is -0.356. The van der Waals surface area contributed by atoms with Crippen LogP contribution in [0.25, 0.3) is 0 Å². The van der Waals surface area contributed by atoms with Crippen molar-refractivity contribution in [1.82, 2.24) is 0 Å². The average molecular weight is 510 g/mol. The summed E-state index contributed by atoms with van der Waals surface area (Å²) in [6.07, 6.45) is -16.2.